The second-order valence-corrected chi connectivity index (χ2v) is 10.1. The topological polar surface area (TPSA) is 118 Å². The van der Waals surface area contributed by atoms with Crippen molar-refractivity contribution in [1.29, 1.82) is 0 Å². The van der Waals surface area contributed by atoms with Gasteiger partial charge in [0.25, 0.3) is 5.91 Å². The highest BCUT2D eigenvalue weighted by atomic mass is 19.4. The molecule has 14 heteroatoms. The number of hydrogen-bond donors (Lipinski definition) is 2. The minimum atomic E-state index is -4.56. The Morgan fingerprint density at radius 1 is 1.28 bits per heavy atom. The van der Waals surface area contributed by atoms with Crippen molar-refractivity contribution < 1.29 is 37.0 Å². The molecule has 5 heterocycles. The summed E-state index contributed by atoms with van der Waals surface area (Å²) in [6, 6.07) is 3.90. The third-order valence-electron chi connectivity index (χ3n) is 6.61. The third kappa shape index (κ3) is 6.01. The Morgan fingerprint density at radius 3 is 2.79 bits per heavy atom. The Morgan fingerprint density at radius 2 is 2.08 bits per heavy atom. The average Bonchev–Trinajstić information content (AvgIpc) is 3.43. The number of anilines is 3. The number of aryl methyl sites for hydroxylation is 1. The van der Waals surface area contributed by atoms with Gasteiger partial charge in [0.05, 0.1) is 18.3 Å². The fourth-order valence-corrected chi connectivity index (χ4v) is 4.96. The molecule has 2 atom stereocenters. The maximum atomic E-state index is 13.5. The van der Waals surface area contributed by atoms with E-state index in [2.05, 4.69) is 20.2 Å². The first-order chi connectivity index (χ1) is 18.4. The number of ether oxygens (including phenoxy) is 3. The molecule has 0 unspecified atom stereocenters. The minimum absolute atomic E-state index is 0.203. The van der Waals surface area contributed by atoms with Gasteiger partial charge in [-0.3, -0.25) is 15.0 Å². The molecule has 0 radical (unpaired) electrons. The van der Waals surface area contributed by atoms with E-state index in [0.29, 0.717) is 43.1 Å². The van der Waals surface area contributed by atoms with Gasteiger partial charge in [-0.1, -0.05) is 0 Å². The van der Waals surface area contributed by atoms with Crippen molar-refractivity contribution in [3.63, 3.8) is 0 Å². The van der Waals surface area contributed by atoms with Crippen LogP contribution < -0.4 is 25.2 Å². The highest BCUT2D eigenvalue weighted by Gasteiger charge is 2.42. The van der Waals surface area contributed by atoms with E-state index in [-0.39, 0.29) is 36.1 Å². The molecule has 2 aromatic heterocycles. The second kappa shape index (κ2) is 10.2. The maximum absolute atomic E-state index is 13.5. The summed E-state index contributed by atoms with van der Waals surface area (Å²) < 4.78 is 55.0. The summed E-state index contributed by atoms with van der Waals surface area (Å²) in [4.78, 5) is 38.0. The van der Waals surface area contributed by atoms with Crippen LogP contribution in [-0.4, -0.2) is 78.9 Å². The standard InChI is InChI=1S/C25H29F3N6O5/c1-14-8-18(22(35)30-13-25(26,27)28)31-21-20(14)33-7-5-15(10-33)34(21)23(36)32-19-9-16(4-6-29-19)37-11-17-12-38-24(2,3)39-17/h4,6,8-9,15,17H,5,7,10-13H2,1-3H3,(H,30,35)(H,29,32,36)/t15-,17-/m0/s1. The van der Waals surface area contributed by atoms with Gasteiger partial charge in [0, 0.05) is 25.4 Å². The molecule has 0 aliphatic carbocycles. The van der Waals surface area contributed by atoms with Crippen LogP contribution in [0.4, 0.5) is 35.3 Å². The van der Waals surface area contributed by atoms with Crippen molar-refractivity contribution in [2.24, 2.45) is 0 Å². The molecule has 3 aliphatic rings. The predicted octanol–water partition coefficient (Wildman–Crippen LogP) is 3.24. The van der Waals surface area contributed by atoms with E-state index < -0.39 is 30.4 Å². The summed E-state index contributed by atoms with van der Waals surface area (Å²) in [6.07, 6.45) is -2.64. The smallest absolute Gasteiger partial charge is 0.405 e. The number of carbonyl (C=O) groups excluding carboxylic acids is 2. The molecule has 2 saturated heterocycles. The highest BCUT2D eigenvalue weighted by Crippen LogP contribution is 2.41. The first-order valence-corrected chi connectivity index (χ1v) is 12.5. The summed E-state index contributed by atoms with van der Waals surface area (Å²) in [5.74, 6) is -0.724. The molecule has 2 aromatic rings. The van der Waals surface area contributed by atoms with Crippen LogP contribution >= 0.6 is 0 Å². The van der Waals surface area contributed by atoms with Crippen LogP contribution in [0, 0.1) is 6.92 Å². The number of aromatic nitrogens is 2. The lowest BCUT2D eigenvalue weighted by Gasteiger charge is -2.36. The Hall–Kier alpha value is -3.65. The molecular formula is C25H29F3N6O5. The summed E-state index contributed by atoms with van der Waals surface area (Å²) in [5.41, 5.74) is 1.09. The predicted molar refractivity (Wildman–Crippen MR) is 134 cm³/mol. The Labute approximate surface area is 222 Å². The number of alkyl halides is 3. The van der Waals surface area contributed by atoms with Crippen LogP contribution in [-0.2, 0) is 9.47 Å². The number of halogens is 3. The lowest BCUT2D eigenvalue weighted by atomic mass is 10.1. The number of carbonyl (C=O) groups is 2. The fraction of sp³-hybridized carbons (Fsp3) is 0.520. The number of nitrogens with zero attached hydrogens (tertiary/aromatic N) is 4. The Bertz CT molecular complexity index is 1270. The van der Waals surface area contributed by atoms with Gasteiger partial charge in [-0.05, 0) is 44.9 Å². The van der Waals surface area contributed by atoms with Crippen molar-refractivity contribution in [1.82, 2.24) is 15.3 Å². The van der Waals surface area contributed by atoms with Gasteiger partial charge in [-0.15, -0.1) is 0 Å². The highest BCUT2D eigenvalue weighted by molar-refractivity contribution is 6.05. The number of hydrogen-bond acceptors (Lipinski definition) is 8. The Kier molecular flexibility index (Phi) is 7.01. The van der Waals surface area contributed by atoms with E-state index >= 15 is 0 Å². The van der Waals surface area contributed by atoms with Gasteiger partial charge < -0.3 is 24.4 Å². The number of urea groups is 1. The fourth-order valence-electron chi connectivity index (χ4n) is 4.96. The van der Waals surface area contributed by atoms with Crippen molar-refractivity contribution >= 4 is 29.3 Å². The van der Waals surface area contributed by atoms with Crippen LogP contribution in [0.2, 0.25) is 0 Å². The lowest BCUT2D eigenvalue weighted by Crippen LogP contribution is -2.49. The van der Waals surface area contributed by atoms with E-state index in [9.17, 15) is 22.8 Å². The number of rotatable bonds is 6. The second-order valence-electron chi connectivity index (χ2n) is 10.1. The zero-order chi connectivity index (χ0) is 27.9. The van der Waals surface area contributed by atoms with Crippen molar-refractivity contribution in [2.45, 2.75) is 51.3 Å². The average molecular weight is 551 g/mol. The molecule has 5 rings (SSSR count). The summed E-state index contributed by atoms with van der Waals surface area (Å²) in [7, 11) is 0. The van der Waals surface area contributed by atoms with E-state index in [0.717, 1.165) is 0 Å². The molecule has 2 fully saturated rings. The molecule has 0 saturated carbocycles. The van der Waals surface area contributed by atoms with Gasteiger partial charge in [-0.25, -0.2) is 14.8 Å². The van der Waals surface area contributed by atoms with Crippen molar-refractivity contribution in [2.75, 3.05) is 48.0 Å². The van der Waals surface area contributed by atoms with E-state index in [4.69, 9.17) is 14.2 Å². The van der Waals surface area contributed by atoms with Crippen molar-refractivity contribution in [3.8, 4) is 5.75 Å². The first-order valence-electron chi connectivity index (χ1n) is 12.5. The van der Waals surface area contributed by atoms with Gasteiger partial charge in [0.2, 0.25) is 0 Å². The monoisotopic (exact) mass is 550 g/mol. The molecule has 11 nitrogen and oxygen atoms in total. The van der Waals surface area contributed by atoms with Gasteiger partial charge in [-0.2, -0.15) is 13.2 Å². The van der Waals surface area contributed by atoms with Crippen LogP contribution in [0.3, 0.4) is 0 Å². The lowest BCUT2D eigenvalue weighted by molar-refractivity contribution is -0.141. The molecular weight excluding hydrogens is 521 g/mol. The Balaban J connectivity index is 1.33. The first kappa shape index (κ1) is 26.9. The molecule has 0 aromatic carbocycles. The molecule has 3 aliphatic heterocycles. The van der Waals surface area contributed by atoms with Crippen LogP contribution in [0.25, 0.3) is 0 Å². The van der Waals surface area contributed by atoms with Crippen LogP contribution in [0.15, 0.2) is 24.4 Å². The van der Waals surface area contributed by atoms with Gasteiger partial charge >= 0.3 is 12.2 Å². The molecule has 2 N–H and O–H groups in total. The van der Waals surface area contributed by atoms with Gasteiger partial charge in [0.15, 0.2) is 11.6 Å². The minimum Gasteiger partial charge on any atom is -0.491 e. The zero-order valence-electron chi connectivity index (χ0n) is 21.7. The zero-order valence-corrected chi connectivity index (χ0v) is 21.7. The summed E-state index contributed by atoms with van der Waals surface area (Å²) in [5, 5.41) is 4.60. The van der Waals surface area contributed by atoms with Crippen LogP contribution in [0.5, 0.6) is 5.75 Å². The number of fused-ring (bicyclic) bond motifs is 4. The molecule has 210 valence electrons. The quantitative estimate of drug-likeness (QED) is 0.563. The largest absolute Gasteiger partial charge is 0.491 e. The van der Waals surface area contributed by atoms with E-state index in [1.54, 1.807) is 19.1 Å². The van der Waals surface area contributed by atoms with Crippen LogP contribution in [0.1, 0.15) is 36.3 Å². The number of amides is 3. The third-order valence-corrected chi connectivity index (χ3v) is 6.61. The summed E-state index contributed by atoms with van der Waals surface area (Å²) in [6.45, 7) is 5.79. The molecule has 2 bridgehead atoms. The normalized spacial score (nSPS) is 21.5. The SMILES string of the molecule is Cc1cc(C(=O)NCC(F)(F)F)nc2c1N1CC[C@@H](C1)N2C(=O)Nc1cc(OC[C@H]2COC(C)(C)O2)ccn1. The van der Waals surface area contributed by atoms with E-state index in [1.807, 2.05) is 19.2 Å². The summed E-state index contributed by atoms with van der Waals surface area (Å²) >= 11 is 0. The molecule has 39 heavy (non-hydrogen) atoms. The van der Waals surface area contributed by atoms with Gasteiger partial charge in [0.1, 0.15) is 36.5 Å². The van der Waals surface area contributed by atoms with Crippen molar-refractivity contribution in [3.05, 3.63) is 35.7 Å². The number of pyridine rings is 2. The molecule has 0 spiro atoms. The number of nitrogens with one attached hydrogen (secondary N) is 2. The maximum Gasteiger partial charge on any atom is 0.405 e. The van der Waals surface area contributed by atoms with E-state index in [1.165, 1.54) is 17.2 Å². The molecule has 3 amide bonds.